The number of hydrogen-bond acceptors (Lipinski definition) is 2. The molecule has 0 fully saturated rings. The maximum absolute atomic E-state index is 6.49. The van der Waals surface area contributed by atoms with Crippen molar-refractivity contribution in [2.45, 2.75) is 5.41 Å². The van der Waals surface area contributed by atoms with Gasteiger partial charge in [0.25, 0.3) is 0 Å². The number of rotatable bonds is 5. The predicted molar refractivity (Wildman–Crippen MR) is 287 cm³/mol. The number of fused-ring (bicyclic) bond motifs is 16. The number of benzene rings is 12. The van der Waals surface area contributed by atoms with E-state index in [0.29, 0.717) is 0 Å². The van der Waals surface area contributed by atoms with Gasteiger partial charge >= 0.3 is 0 Å². The van der Waals surface area contributed by atoms with Gasteiger partial charge in [-0.25, -0.2) is 0 Å². The number of hydrogen-bond donors (Lipinski definition) is 0. The SMILES string of the molecule is c1ccc(C2(c3ccccc3)c3ccccc3-c3c(-c4ccc5c6ccc(-c7cccc(-c8ccc9oc%10c(ccc%11c%12ccccc%12oc%11%10)c9c8)c7)cc6c6ccccc6c5c4)cccc32)cc1. The zero-order chi connectivity index (χ0) is 45.2. The Hall–Kier alpha value is -8.98. The monoisotopic (exact) mass is 876 g/mol. The molecule has 0 amide bonds. The van der Waals surface area contributed by atoms with E-state index >= 15 is 0 Å². The van der Waals surface area contributed by atoms with Crippen LogP contribution in [0.5, 0.6) is 0 Å². The van der Waals surface area contributed by atoms with E-state index in [2.05, 4.69) is 231 Å². The van der Waals surface area contributed by atoms with Crippen molar-refractivity contribution in [1.82, 2.24) is 0 Å². The van der Waals surface area contributed by atoms with Crippen molar-refractivity contribution in [3.05, 3.63) is 265 Å². The van der Waals surface area contributed by atoms with Gasteiger partial charge in [0.05, 0.1) is 5.41 Å². The summed E-state index contributed by atoms with van der Waals surface area (Å²) < 4.78 is 12.8. The molecule has 1 aliphatic rings. The molecule has 0 atom stereocenters. The molecule has 1 aliphatic carbocycles. The van der Waals surface area contributed by atoms with E-state index in [0.717, 1.165) is 55.0 Å². The second-order valence-electron chi connectivity index (χ2n) is 18.6. The van der Waals surface area contributed by atoms with Gasteiger partial charge in [-0.05, 0) is 148 Å². The quantitative estimate of drug-likeness (QED) is 0.161. The van der Waals surface area contributed by atoms with Crippen LogP contribution < -0.4 is 0 Å². The van der Waals surface area contributed by atoms with E-state index in [4.69, 9.17) is 8.83 Å². The molecule has 0 N–H and O–H groups in total. The number of furan rings is 2. The second kappa shape index (κ2) is 14.5. The van der Waals surface area contributed by atoms with Crippen LogP contribution in [0.2, 0.25) is 0 Å². The van der Waals surface area contributed by atoms with Crippen LogP contribution >= 0.6 is 0 Å². The van der Waals surface area contributed by atoms with Crippen LogP contribution in [-0.4, -0.2) is 0 Å². The molecule has 0 aliphatic heterocycles. The highest BCUT2D eigenvalue weighted by atomic mass is 16.4. The fourth-order valence-electron chi connectivity index (χ4n) is 12.1. The zero-order valence-corrected chi connectivity index (χ0v) is 37.4. The average Bonchev–Trinajstić information content (AvgIpc) is 4.10. The summed E-state index contributed by atoms with van der Waals surface area (Å²) in [5, 5.41) is 11.8. The average molecular weight is 877 g/mol. The summed E-state index contributed by atoms with van der Waals surface area (Å²) in [6.07, 6.45) is 0. The van der Waals surface area contributed by atoms with E-state index in [1.165, 1.54) is 88.0 Å². The van der Waals surface area contributed by atoms with Crippen molar-refractivity contribution in [3.63, 3.8) is 0 Å². The first-order valence-electron chi connectivity index (χ1n) is 23.8. The molecule has 0 radical (unpaired) electrons. The summed E-state index contributed by atoms with van der Waals surface area (Å²) in [5.41, 5.74) is 17.8. The molecule has 69 heavy (non-hydrogen) atoms. The lowest BCUT2D eigenvalue weighted by Crippen LogP contribution is -2.28. The third kappa shape index (κ3) is 5.43. The van der Waals surface area contributed by atoms with E-state index in [1.54, 1.807) is 0 Å². The highest BCUT2D eigenvalue weighted by Gasteiger charge is 2.46. The Labute approximate surface area is 397 Å². The summed E-state index contributed by atoms with van der Waals surface area (Å²) in [6.45, 7) is 0. The van der Waals surface area contributed by atoms with Crippen molar-refractivity contribution >= 4 is 76.2 Å². The Kier molecular flexibility index (Phi) is 8.02. The molecule has 0 bridgehead atoms. The zero-order valence-electron chi connectivity index (χ0n) is 37.4. The molecular formula is C67H40O2. The molecule has 0 saturated carbocycles. The normalized spacial score (nSPS) is 13.0. The molecule has 2 heterocycles. The Morgan fingerprint density at radius 2 is 0.696 bits per heavy atom. The van der Waals surface area contributed by atoms with Gasteiger partial charge < -0.3 is 8.83 Å². The lowest BCUT2D eigenvalue weighted by Gasteiger charge is -2.34. The highest BCUT2D eigenvalue weighted by Crippen LogP contribution is 2.58. The van der Waals surface area contributed by atoms with Gasteiger partial charge in [-0.15, -0.1) is 0 Å². The van der Waals surface area contributed by atoms with E-state index in [9.17, 15) is 0 Å². The molecule has 2 nitrogen and oxygen atoms in total. The molecule has 2 aromatic heterocycles. The summed E-state index contributed by atoms with van der Waals surface area (Å²) in [5.74, 6) is 0. The van der Waals surface area contributed by atoms with Gasteiger partial charge in [-0.1, -0.05) is 194 Å². The standard InChI is InChI=1S/C67H40O2/c1-3-17-46(18-4-1)67(47-19-5-2-6-20-47)60-26-11-9-24-56(60)64-48(25-14-27-61(64)67)45-30-33-52-51-32-29-43(38-57(51)49-21-7-8-22-50(49)58(52)40-45)41-15-13-16-42(37-41)44-31-36-63-59(39-44)55-35-34-54-53-23-10-12-28-62(53)68-65(54)66(55)69-63/h1-40H. The lowest BCUT2D eigenvalue weighted by atomic mass is 9.67. The largest absolute Gasteiger partial charge is 0.452 e. The molecule has 14 aromatic rings. The Balaban J connectivity index is 0.852. The van der Waals surface area contributed by atoms with Gasteiger partial charge in [0.2, 0.25) is 0 Å². The van der Waals surface area contributed by atoms with Crippen LogP contribution in [0.4, 0.5) is 0 Å². The van der Waals surface area contributed by atoms with Crippen LogP contribution in [0.25, 0.3) is 121 Å². The fourth-order valence-corrected chi connectivity index (χ4v) is 12.1. The second-order valence-corrected chi connectivity index (χ2v) is 18.6. The van der Waals surface area contributed by atoms with Gasteiger partial charge in [0.15, 0.2) is 11.2 Å². The van der Waals surface area contributed by atoms with Crippen LogP contribution in [0.3, 0.4) is 0 Å². The highest BCUT2D eigenvalue weighted by molar-refractivity contribution is 6.26. The lowest BCUT2D eigenvalue weighted by molar-refractivity contribution is 0.633. The summed E-state index contributed by atoms with van der Waals surface area (Å²) >= 11 is 0. The first-order valence-corrected chi connectivity index (χ1v) is 23.8. The molecule has 0 saturated heterocycles. The van der Waals surface area contributed by atoms with Crippen molar-refractivity contribution in [2.75, 3.05) is 0 Å². The van der Waals surface area contributed by atoms with Crippen molar-refractivity contribution in [1.29, 1.82) is 0 Å². The van der Waals surface area contributed by atoms with Gasteiger partial charge in [0.1, 0.15) is 11.2 Å². The van der Waals surface area contributed by atoms with Gasteiger partial charge in [-0.3, -0.25) is 0 Å². The minimum Gasteiger partial charge on any atom is -0.452 e. The Bertz CT molecular complexity index is 4360. The third-order valence-corrected chi connectivity index (χ3v) is 15.1. The minimum atomic E-state index is -0.451. The predicted octanol–water partition coefficient (Wildman–Crippen LogP) is 18.3. The van der Waals surface area contributed by atoms with Gasteiger partial charge in [0, 0.05) is 21.5 Å². The fraction of sp³-hybridized carbons (Fsp3) is 0.0149. The first-order chi connectivity index (χ1) is 34.2. The summed E-state index contributed by atoms with van der Waals surface area (Å²) in [7, 11) is 0. The first kappa shape index (κ1) is 38.2. The Morgan fingerprint density at radius 3 is 1.39 bits per heavy atom. The van der Waals surface area contributed by atoms with Crippen molar-refractivity contribution < 1.29 is 8.83 Å². The molecule has 0 spiro atoms. The van der Waals surface area contributed by atoms with Crippen LogP contribution in [0.1, 0.15) is 22.3 Å². The maximum atomic E-state index is 6.49. The molecular weight excluding hydrogens is 837 g/mol. The summed E-state index contributed by atoms with van der Waals surface area (Å²) in [6, 6.07) is 89.2. The van der Waals surface area contributed by atoms with E-state index < -0.39 is 5.41 Å². The topological polar surface area (TPSA) is 26.3 Å². The number of para-hydroxylation sites is 1. The summed E-state index contributed by atoms with van der Waals surface area (Å²) in [4.78, 5) is 0. The molecule has 0 unspecified atom stereocenters. The Morgan fingerprint density at radius 1 is 0.246 bits per heavy atom. The molecule has 15 rings (SSSR count). The maximum Gasteiger partial charge on any atom is 0.178 e. The van der Waals surface area contributed by atoms with Crippen LogP contribution in [0.15, 0.2) is 251 Å². The molecule has 320 valence electrons. The van der Waals surface area contributed by atoms with Crippen molar-refractivity contribution in [2.24, 2.45) is 0 Å². The van der Waals surface area contributed by atoms with E-state index in [1.807, 2.05) is 12.1 Å². The third-order valence-electron chi connectivity index (χ3n) is 15.1. The van der Waals surface area contributed by atoms with E-state index in [-0.39, 0.29) is 0 Å². The smallest absolute Gasteiger partial charge is 0.178 e. The minimum absolute atomic E-state index is 0.451. The van der Waals surface area contributed by atoms with Crippen molar-refractivity contribution in [3.8, 4) is 44.5 Å². The van der Waals surface area contributed by atoms with Crippen LogP contribution in [0, 0.1) is 0 Å². The molecule has 12 aromatic carbocycles. The van der Waals surface area contributed by atoms with Gasteiger partial charge in [-0.2, -0.15) is 0 Å². The molecule has 2 heteroatoms. The van der Waals surface area contributed by atoms with Crippen LogP contribution in [-0.2, 0) is 5.41 Å².